The zero-order valence-electron chi connectivity index (χ0n) is 12.3. The molecule has 0 bridgehead atoms. The first kappa shape index (κ1) is 15.0. The number of nitrogens with zero attached hydrogens (tertiary/aromatic N) is 2. The largest absolute Gasteiger partial charge is 0.457 e. The predicted octanol–water partition coefficient (Wildman–Crippen LogP) is 5.72. The summed E-state index contributed by atoms with van der Waals surface area (Å²) in [5.41, 5.74) is 2.56. The molecule has 0 aliphatic heterocycles. The molecule has 0 spiro atoms. The van der Waals surface area contributed by atoms with Crippen molar-refractivity contribution < 1.29 is 4.74 Å². The third kappa shape index (κ3) is 2.94. The summed E-state index contributed by atoms with van der Waals surface area (Å²) in [4.78, 5) is 12.0. The van der Waals surface area contributed by atoms with Gasteiger partial charge in [-0.1, -0.05) is 23.2 Å². The number of fused-ring (bicyclic) bond motifs is 1. The standard InChI is InChI=1S/C18H11Cl2N3O/c19-14-8-7-13(10-15(14)20)24-12-5-3-11(4-6-12)17-22-16-2-1-9-21-18(16)23-17/h1-10H,(H,21,22,23). The van der Waals surface area contributed by atoms with Gasteiger partial charge in [0, 0.05) is 17.8 Å². The summed E-state index contributed by atoms with van der Waals surface area (Å²) >= 11 is 11.9. The number of hydrogen-bond acceptors (Lipinski definition) is 3. The van der Waals surface area contributed by atoms with Crippen LogP contribution in [0.15, 0.2) is 60.8 Å². The lowest BCUT2D eigenvalue weighted by Gasteiger charge is -2.07. The molecule has 0 amide bonds. The fourth-order valence-electron chi connectivity index (χ4n) is 2.34. The molecule has 1 N–H and O–H groups in total. The van der Waals surface area contributed by atoms with Crippen LogP contribution < -0.4 is 4.74 Å². The summed E-state index contributed by atoms with van der Waals surface area (Å²) in [5.74, 6) is 2.10. The van der Waals surface area contributed by atoms with Crippen LogP contribution >= 0.6 is 23.2 Å². The number of H-pyrrole nitrogens is 1. The van der Waals surface area contributed by atoms with E-state index in [0.29, 0.717) is 27.2 Å². The molecule has 0 aliphatic rings. The summed E-state index contributed by atoms with van der Waals surface area (Å²) in [7, 11) is 0. The predicted molar refractivity (Wildman–Crippen MR) is 95.9 cm³/mol. The third-order valence-corrected chi connectivity index (χ3v) is 4.25. The summed E-state index contributed by atoms with van der Waals surface area (Å²) in [5, 5.41) is 0.957. The highest BCUT2D eigenvalue weighted by Crippen LogP contribution is 2.30. The van der Waals surface area contributed by atoms with Crippen LogP contribution in [-0.2, 0) is 0 Å². The minimum absolute atomic E-state index is 0.459. The van der Waals surface area contributed by atoms with Crippen LogP contribution in [0.3, 0.4) is 0 Å². The molecule has 4 aromatic rings. The highest BCUT2D eigenvalue weighted by molar-refractivity contribution is 6.42. The molecule has 4 rings (SSSR count). The van der Waals surface area contributed by atoms with Gasteiger partial charge in [0.1, 0.15) is 17.3 Å². The Morgan fingerprint density at radius 2 is 1.67 bits per heavy atom. The normalized spacial score (nSPS) is 10.9. The highest BCUT2D eigenvalue weighted by atomic mass is 35.5. The van der Waals surface area contributed by atoms with E-state index in [9.17, 15) is 0 Å². The van der Waals surface area contributed by atoms with E-state index in [1.54, 1.807) is 24.4 Å². The first-order valence-electron chi connectivity index (χ1n) is 7.23. The van der Waals surface area contributed by atoms with Crippen LogP contribution in [0.5, 0.6) is 11.5 Å². The van der Waals surface area contributed by atoms with Gasteiger partial charge in [0.15, 0.2) is 5.65 Å². The van der Waals surface area contributed by atoms with Gasteiger partial charge in [0.25, 0.3) is 0 Å². The summed E-state index contributed by atoms with van der Waals surface area (Å²) in [6.07, 6.45) is 1.72. The number of halogens is 2. The Kier molecular flexibility index (Phi) is 3.84. The molecule has 0 unspecified atom stereocenters. The highest BCUT2D eigenvalue weighted by Gasteiger charge is 2.07. The van der Waals surface area contributed by atoms with Crippen molar-refractivity contribution in [2.45, 2.75) is 0 Å². The first-order valence-corrected chi connectivity index (χ1v) is 7.99. The second-order valence-electron chi connectivity index (χ2n) is 5.16. The Bertz CT molecular complexity index is 979. The molecule has 6 heteroatoms. The molecule has 0 fully saturated rings. The Labute approximate surface area is 148 Å². The molecule has 2 aromatic heterocycles. The summed E-state index contributed by atoms with van der Waals surface area (Å²) in [6.45, 7) is 0. The Morgan fingerprint density at radius 3 is 2.42 bits per heavy atom. The van der Waals surface area contributed by atoms with Crippen LogP contribution in [-0.4, -0.2) is 15.0 Å². The summed E-state index contributed by atoms with van der Waals surface area (Å²) < 4.78 is 5.78. The second-order valence-corrected chi connectivity index (χ2v) is 5.98. The minimum Gasteiger partial charge on any atom is -0.457 e. The van der Waals surface area contributed by atoms with Gasteiger partial charge in [-0.15, -0.1) is 0 Å². The number of benzene rings is 2. The Balaban J connectivity index is 1.58. The average Bonchev–Trinajstić information content (AvgIpc) is 3.03. The van der Waals surface area contributed by atoms with Crippen molar-refractivity contribution in [1.82, 2.24) is 15.0 Å². The second kappa shape index (κ2) is 6.15. The maximum Gasteiger partial charge on any atom is 0.178 e. The van der Waals surface area contributed by atoms with Crippen molar-refractivity contribution in [3.8, 4) is 22.9 Å². The lowest BCUT2D eigenvalue weighted by molar-refractivity contribution is 0.483. The minimum atomic E-state index is 0.459. The van der Waals surface area contributed by atoms with Crippen LogP contribution in [0, 0.1) is 0 Å². The molecule has 0 aliphatic carbocycles. The van der Waals surface area contributed by atoms with Crippen molar-refractivity contribution in [2.24, 2.45) is 0 Å². The van der Waals surface area contributed by atoms with Crippen LogP contribution in [0.1, 0.15) is 0 Å². The van der Waals surface area contributed by atoms with Gasteiger partial charge in [-0.25, -0.2) is 9.97 Å². The lowest BCUT2D eigenvalue weighted by atomic mass is 10.2. The molecule has 0 radical (unpaired) electrons. The Morgan fingerprint density at radius 1 is 0.875 bits per heavy atom. The monoisotopic (exact) mass is 355 g/mol. The number of imidazole rings is 1. The van der Waals surface area contributed by atoms with E-state index in [4.69, 9.17) is 27.9 Å². The van der Waals surface area contributed by atoms with E-state index in [1.807, 2.05) is 36.4 Å². The molecular formula is C18H11Cl2N3O. The molecule has 2 heterocycles. The number of rotatable bonds is 3. The van der Waals surface area contributed by atoms with Crippen molar-refractivity contribution in [3.63, 3.8) is 0 Å². The van der Waals surface area contributed by atoms with E-state index in [0.717, 1.165) is 16.9 Å². The number of nitrogens with one attached hydrogen (secondary N) is 1. The molecule has 2 aromatic carbocycles. The smallest absolute Gasteiger partial charge is 0.178 e. The molecule has 118 valence electrons. The van der Waals surface area contributed by atoms with Crippen molar-refractivity contribution in [3.05, 3.63) is 70.8 Å². The van der Waals surface area contributed by atoms with Gasteiger partial charge in [-0.2, -0.15) is 0 Å². The van der Waals surface area contributed by atoms with Gasteiger partial charge in [0.05, 0.1) is 15.6 Å². The SMILES string of the molecule is Clc1ccc(Oc2ccc(-c3nc4ncccc4[nH]3)cc2)cc1Cl. The van der Waals surface area contributed by atoms with E-state index < -0.39 is 0 Å². The zero-order valence-corrected chi connectivity index (χ0v) is 13.8. The summed E-state index contributed by atoms with van der Waals surface area (Å²) in [6, 6.07) is 16.6. The van der Waals surface area contributed by atoms with E-state index in [2.05, 4.69) is 15.0 Å². The first-order chi connectivity index (χ1) is 11.7. The van der Waals surface area contributed by atoms with Gasteiger partial charge < -0.3 is 9.72 Å². The van der Waals surface area contributed by atoms with Crippen LogP contribution in [0.25, 0.3) is 22.6 Å². The Hall–Kier alpha value is -2.56. The number of ether oxygens (including phenoxy) is 1. The quantitative estimate of drug-likeness (QED) is 0.510. The maximum absolute atomic E-state index is 5.99. The molecular weight excluding hydrogens is 345 g/mol. The molecule has 4 nitrogen and oxygen atoms in total. The van der Waals surface area contributed by atoms with Gasteiger partial charge in [-0.3, -0.25) is 0 Å². The van der Waals surface area contributed by atoms with Crippen molar-refractivity contribution >= 4 is 34.4 Å². The number of aromatic amines is 1. The third-order valence-electron chi connectivity index (χ3n) is 3.51. The fraction of sp³-hybridized carbons (Fsp3) is 0. The maximum atomic E-state index is 5.99. The van der Waals surface area contributed by atoms with E-state index in [-0.39, 0.29) is 0 Å². The van der Waals surface area contributed by atoms with E-state index in [1.165, 1.54) is 0 Å². The number of aromatic nitrogens is 3. The average molecular weight is 356 g/mol. The molecule has 24 heavy (non-hydrogen) atoms. The van der Waals surface area contributed by atoms with Gasteiger partial charge >= 0.3 is 0 Å². The lowest BCUT2D eigenvalue weighted by Crippen LogP contribution is -1.85. The fourth-order valence-corrected chi connectivity index (χ4v) is 2.63. The van der Waals surface area contributed by atoms with Crippen LogP contribution in [0.4, 0.5) is 0 Å². The van der Waals surface area contributed by atoms with Crippen molar-refractivity contribution in [2.75, 3.05) is 0 Å². The van der Waals surface area contributed by atoms with Crippen molar-refractivity contribution in [1.29, 1.82) is 0 Å². The zero-order chi connectivity index (χ0) is 16.5. The molecule has 0 saturated heterocycles. The molecule has 0 atom stereocenters. The number of hydrogen-bond donors (Lipinski definition) is 1. The van der Waals surface area contributed by atoms with Gasteiger partial charge in [0.2, 0.25) is 0 Å². The molecule has 0 saturated carbocycles. The number of pyridine rings is 1. The van der Waals surface area contributed by atoms with Crippen LogP contribution in [0.2, 0.25) is 10.0 Å². The van der Waals surface area contributed by atoms with Gasteiger partial charge in [-0.05, 0) is 48.5 Å². The topological polar surface area (TPSA) is 50.8 Å². The van der Waals surface area contributed by atoms with E-state index >= 15 is 0 Å².